The van der Waals surface area contributed by atoms with Crippen LogP contribution in [0.2, 0.25) is 0 Å². The summed E-state index contributed by atoms with van der Waals surface area (Å²) in [6.07, 6.45) is 3.65. The standard InChI is InChI=1S/C16H28N4/c1-11(2)16-18-14-10-17-7-5-15(14)20(16)13-6-8-19(4)12(3)9-13/h11-13,17H,5-10H2,1-4H3. The van der Waals surface area contributed by atoms with Crippen molar-refractivity contribution in [3.8, 4) is 0 Å². The molecule has 0 amide bonds. The molecule has 2 atom stereocenters. The number of piperidine rings is 1. The minimum atomic E-state index is 0.510. The number of nitrogens with one attached hydrogen (secondary N) is 1. The summed E-state index contributed by atoms with van der Waals surface area (Å²) in [7, 11) is 2.25. The molecule has 0 aromatic carbocycles. The Morgan fingerprint density at radius 2 is 2.15 bits per heavy atom. The van der Waals surface area contributed by atoms with Crippen LogP contribution >= 0.6 is 0 Å². The molecule has 1 fully saturated rings. The topological polar surface area (TPSA) is 33.1 Å². The molecule has 1 aromatic rings. The zero-order valence-corrected chi connectivity index (χ0v) is 13.3. The average Bonchev–Trinajstić information content (AvgIpc) is 2.81. The van der Waals surface area contributed by atoms with Crippen LogP contribution in [-0.2, 0) is 13.0 Å². The quantitative estimate of drug-likeness (QED) is 0.900. The SMILES string of the molecule is CC(C)c1nc2c(n1C1CCN(C)C(C)C1)CCNC2. The number of imidazole rings is 1. The second kappa shape index (κ2) is 5.49. The zero-order chi connectivity index (χ0) is 14.3. The maximum atomic E-state index is 4.96. The van der Waals surface area contributed by atoms with Crippen LogP contribution in [0.25, 0.3) is 0 Å². The van der Waals surface area contributed by atoms with Crippen molar-refractivity contribution in [1.29, 1.82) is 0 Å². The van der Waals surface area contributed by atoms with Crippen LogP contribution in [0.15, 0.2) is 0 Å². The minimum Gasteiger partial charge on any atom is -0.328 e. The van der Waals surface area contributed by atoms with Gasteiger partial charge in [-0.25, -0.2) is 4.98 Å². The molecule has 1 N–H and O–H groups in total. The summed E-state index contributed by atoms with van der Waals surface area (Å²) in [6, 6.07) is 1.32. The Bertz CT molecular complexity index is 477. The van der Waals surface area contributed by atoms with E-state index in [2.05, 4.69) is 42.6 Å². The van der Waals surface area contributed by atoms with E-state index < -0.39 is 0 Å². The predicted molar refractivity (Wildman–Crippen MR) is 82.1 cm³/mol. The minimum absolute atomic E-state index is 0.510. The second-order valence-corrected chi connectivity index (χ2v) is 6.82. The van der Waals surface area contributed by atoms with Crippen LogP contribution in [-0.4, -0.2) is 40.6 Å². The van der Waals surface area contributed by atoms with E-state index in [0.29, 0.717) is 18.0 Å². The third kappa shape index (κ3) is 2.40. The Balaban J connectivity index is 1.97. The molecule has 0 saturated carbocycles. The Hall–Kier alpha value is -0.870. The van der Waals surface area contributed by atoms with E-state index in [1.165, 1.54) is 36.6 Å². The lowest BCUT2D eigenvalue weighted by molar-refractivity contribution is 0.153. The summed E-state index contributed by atoms with van der Waals surface area (Å²) in [5, 5.41) is 3.46. The highest BCUT2D eigenvalue weighted by Crippen LogP contribution is 2.33. The van der Waals surface area contributed by atoms with Crippen molar-refractivity contribution in [1.82, 2.24) is 19.8 Å². The molecule has 0 bridgehead atoms. The van der Waals surface area contributed by atoms with Gasteiger partial charge in [0.05, 0.1) is 5.69 Å². The average molecular weight is 276 g/mol. The third-order valence-electron chi connectivity index (χ3n) is 5.01. The lowest BCUT2D eigenvalue weighted by atomic mass is 9.97. The summed E-state index contributed by atoms with van der Waals surface area (Å²) < 4.78 is 2.62. The third-order valence-corrected chi connectivity index (χ3v) is 5.01. The molecule has 0 radical (unpaired) electrons. The van der Waals surface area contributed by atoms with Gasteiger partial charge in [0.2, 0.25) is 0 Å². The molecule has 4 heteroatoms. The largest absolute Gasteiger partial charge is 0.328 e. The molecular weight excluding hydrogens is 248 g/mol. The van der Waals surface area contributed by atoms with Crippen molar-refractivity contribution in [2.45, 2.75) is 64.6 Å². The van der Waals surface area contributed by atoms with E-state index in [0.717, 1.165) is 19.5 Å². The highest BCUT2D eigenvalue weighted by molar-refractivity contribution is 5.23. The van der Waals surface area contributed by atoms with Crippen molar-refractivity contribution in [3.05, 3.63) is 17.2 Å². The number of fused-ring (bicyclic) bond motifs is 1. The summed E-state index contributed by atoms with van der Waals surface area (Å²) in [6.45, 7) is 10.1. The first-order chi connectivity index (χ1) is 9.58. The molecule has 112 valence electrons. The Kier molecular flexibility index (Phi) is 3.87. The lowest BCUT2D eigenvalue weighted by Crippen LogP contribution is -2.39. The smallest absolute Gasteiger partial charge is 0.112 e. The van der Waals surface area contributed by atoms with Crippen LogP contribution in [0.4, 0.5) is 0 Å². The van der Waals surface area contributed by atoms with Gasteiger partial charge in [0, 0.05) is 49.8 Å². The summed E-state index contributed by atoms with van der Waals surface area (Å²) in [4.78, 5) is 7.44. The normalized spacial score (nSPS) is 27.9. The molecule has 0 aliphatic carbocycles. The van der Waals surface area contributed by atoms with Crippen molar-refractivity contribution in [3.63, 3.8) is 0 Å². The Morgan fingerprint density at radius 1 is 1.35 bits per heavy atom. The van der Waals surface area contributed by atoms with Gasteiger partial charge in [0.1, 0.15) is 5.82 Å². The van der Waals surface area contributed by atoms with Crippen LogP contribution < -0.4 is 5.32 Å². The first kappa shape index (κ1) is 14.1. The van der Waals surface area contributed by atoms with Crippen LogP contribution in [0.3, 0.4) is 0 Å². The number of nitrogens with zero attached hydrogens (tertiary/aromatic N) is 3. The Labute approximate surface area is 122 Å². The molecule has 4 nitrogen and oxygen atoms in total. The number of likely N-dealkylation sites (tertiary alicyclic amines) is 1. The molecule has 1 aromatic heterocycles. The molecule has 2 aliphatic rings. The van der Waals surface area contributed by atoms with E-state index in [4.69, 9.17) is 4.98 Å². The second-order valence-electron chi connectivity index (χ2n) is 6.82. The fourth-order valence-corrected chi connectivity index (χ4v) is 3.67. The molecule has 0 spiro atoms. The molecule has 20 heavy (non-hydrogen) atoms. The highest BCUT2D eigenvalue weighted by Gasteiger charge is 2.30. The molecule has 2 unspecified atom stereocenters. The van der Waals surface area contributed by atoms with E-state index >= 15 is 0 Å². The maximum absolute atomic E-state index is 4.96. The van der Waals surface area contributed by atoms with E-state index in [9.17, 15) is 0 Å². The monoisotopic (exact) mass is 276 g/mol. The van der Waals surface area contributed by atoms with E-state index in [1.807, 2.05) is 0 Å². The Morgan fingerprint density at radius 3 is 2.85 bits per heavy atom. The fourth-order valence-electron chi connectivity index (χ4n) is 3.67. The molecule has 2 aliphatic heterocycles. The first-order valence-electron chi connectivity index (χ1n) is 8.08. The lowest BCUT2D eigenvalue weighted by Gasteiger charge is -2.37. The van der Waals surface area contributed by atoms with Gasteiger partial charge in [0.15, 0.2) is 0 Å². The number of hydrogen-bond acceptors (Lipinski definition) is 3. The number of rotatable bonds is 2. The van der Waals surface area contributed by atoms with Gasteiger partial charge in [-0.05, 0) is 26.8 Å². The molecule has 3 heterocycles. The van der Waals surface area contributed by atoms with Crippen molar-refractivity contribution >= 4 is 0 Å². The van der Waals surface area contributed by atoms with Gasteiger partial charge < -0.3 is 14.8 Å². The summed E-state index contributed by atoms with van der Waals surface area (Å²) in [5.74, 6) is 1.82. The van der Waals surface area contributed by atoms with E-state index in [1.54, 1.807) is 0 Å². The van der Waals surface area contributed by atoms with Crippen LogP contribution in [0.1, 0.15) is 62.8 Å². The van der Waals surface area contributed by atoms with Crippen LogP contribution in [0.5, 0.6) is 0 Å². The number of aromatic nitrogens is 2. The highest BCUT2D eigenvalue weighted by atomic mass is 15.2. The van der Waals surface area contributed by atoms with Gasteiger partial charge in [-0.2, -0.15) is 0 Å². The van der Waals surface area contributed by atoms with Crippen LogP contribution in [0, 0.1) is 0 Å². The summed E-state index contributed by atoms with van der Waals surface area (Å²) in [5.41, 5.74) is 2.81. The van der Waals surface area contributed by atoms with Crippen molar-refractivity contribution in [2.24, 2.45) is 0 Å². The van der Waals surface area contributed by atoms with Gasteiger partial charge >= 0.3 is 0 Å². The molecular formula is C16H28N4. The zero-order valence-electron chi connectivity index (χ0n) is 13.3. The van der Waals surface area contributed by atoms with Gasteiger partial charge in [-0.3, -0.25) is 0 Å². The summed E-state index contributed by atoms with van der Waals surface area (Å²) >= 11 is 0. The fraction of sp³-hybridized carbons (Fsp3) is 0.812. The van der Waals surface area contributed by atoms with Gasteiger partial charge in [-0.1, -0.05) is 13.8 Å². The van der Waals surface area contributed by atoms with Crippen molar-refractivity contribution in [2.75, 3.05) is 20.1 Å². The first-order valence-corrected chi connectivity index (χ1v) is 8.08. The molecule has 3 rings (SSSR count). The van der Waals surface area contributed by atoms with Crippen molar-refractivity contribution < 1.29 is 0 Å². The predicted octanol–water partition coefficient (Wildman–Crippen LogP) is 2.31. The van der Waals surface area contributed by atoms with Gasteiger partial charge in [0.25, 0.3) is 0 Å². The van der Waals surface area contributed by atoms with E-state index in [-0.39, 0.29) is 0 Å². The number of hydrogen-bond donors (Lipinski definition) is 1. The molecule has 1 saturated heterocycles. The maximum Gasteiger partial charge on any atom is 0.112 e. The van der Waals surface area contributed by atoms with Gasteiger partial charge in [-0.15, -0.1) is 0 Å².